The summed E-state index contributed by atoms with van der Waals surface area (Å²) in [7, 11) is 1.64. The summed E-state index contributed by atoms with van der Waals surface area (Å²) in [6, 6.07) is 3.50. The van der Waals surface area contributed by atoms with Crippen LogP contribution >= 0.6 is 24.0 Å². The number of benzene rings is 1. The Hall–Kier alpha value is -1.71. The Labute approximate surface area is 157 Å². The van der Waals surface area contributed by atoms with E-state index in [1.807, 2.05) is 13.8 Å². The molecule has 0 aliphatic rings. The van der Waals surface area contributed by atoms with Crippen molar-refractivity contribution in [2.45, 2.75) is 26.8 Å². The summed E-state index contributed by atoms with van der Waals surface area (Å²) < 4.78 is 31.7. The fourth-order valence-corrected chi connectivity index (χ4v) is 2.08. The largest absolute Gasteiger partial charge is 0.444 e. The standard InChI is InChI=1S/C16H20F2N4O.HI/c1-10-11(2)23-15(22-10)9-21-16(19-3)20-5-4-12-6-13(17)8-14(18)7-12;/h6-8H,4-5,9H2,1-3H3,(H2,19,20,21);1H. The van der Waals surface area contributed by atoms with Gasteiger partial charge in [0.05, 0.1) is 12.2 Å². The van der Waals surface area contributed by atoms with Crippen LogP contribution in [0.3, 0.4) is 0 Å². The topological polar surface area (TPSA) is 62.5 Å². The lowest BCUT2D eigenvalue weighted by Crippen LogP contribution is -2.37. The molecule has 0 aliphatic heterocycles. The number of hydrogen-bond donors (Lipinski definition) is 2. The highest BCUT2D eigenvalue weighted by Gasteiger charge is 2.06. The molecule has 2 N–H and O–H groups in total. The van der Waals surface area contributed by atoms with Crippen molar-refractivity contribution in [2.75, 3.05) is 13.6 Å². The van der Waals surface area contributed by atoms with E-state index in [0.29, 0.717) is 36.9 Å². The minimum atomic E-state index is -0.572. The van der Waals surface area contributed by atoms with Gasteiger partial charge in [-0.2, -0.15) is 0 Å². The van der Waals surface area contributed by atoms with Crippen LogP contribution in [0.4, 0.5) is 8.78 Å². The molecule has 0 aliphatic carbocycles. The van der Waals surface area contributed by atoms with Crippen LogP contribution in [-0.2, 0) is 13.0 Å². The average molecular weight is 450 g/mol. The van der Waals surface area contributed by atoms with Gasteiger partial charge in [0.15, 0.2) is 5.96 Å². The molecule has 0 spiro atoms. The van der Waals surface area contributed by atoms with Crippen LogP contribution in [0.15, 0.2) is 27.6 Å². The third-order valence-corrected chi connectivity index (χ3v) is 3.33. The van der Waals surface area contributed by atoms with E-state index in [2.05, 4.69) is 20.6 Å². The molecule has 0 bridgehead atoms. The fourth-order valence-electron chi connectivity index (χ4n) is 2.08. The lowest BCUT2D eigenvalue weighted by atomic mass is 10.1. The van der Waals surface area contributed by atoms with Crippen LogP contribution in [0.1, 0.15) is 22.9 Å². The van der Waals surface area contributed by atoms with Crippen molar-refractivity contribution in [3.8, 4) is 0 Å². The number of oxazole rings is 1. The van der Waals surface area contributed by atoms with Crippen LogP contribution in [0.5, 0.6) is 0 Å². The molecule has 5 nitrogen and oxygen atoms in total. The molecule has 2 rings (SSSR count). The molecule has 2 aromatic rings. The van der Waals surface area contributed by atoms with E-state index < -0.39 is 11.6 Å². The Kier molecular flexibility index (Phi) is 8.09. The minimum absolute atomic E-state index is 0. The summed E-state index contributed by atoms with van der Waals surface area (Å²) >= 11 is 0. The van der Waals surface area contributed by atoms with Gasteiger partial charge in [-0.1, -0.05) is 0 Å². The molecule has 0 fully saturated rings. The maximum absolute atomic E-state index is 13.1. The molecule has 132 valence electrons. The van der Waals surface area contributed by atoms with Crippen molar-refractivity contribution in [3.63, 3.8) is 0 Å². The van der Waals surface area contributed by atoms with E-state index in [1.54, 1.807) is 7.05 Å². The Morgan fingerprint density at radius 1 is 1.17 bits per heavy atom. The van der Waals surface area contributed by atoms with Crippen LogP contribution < -0.4 is 10.6 Å². The molecule has 0 radical (unpaired) electrons. The molecule has 1 aromatic heterocycles. The molecule has 24 heavy (non-hydrogen) atoms. The number of nitrogens with one attached hydrogen (secondary N) is 2. The lowest BCUT2D eigenvalue weighted by Gasteiger charge is -2.10. The predicted molar refractivity (Wildman–Crippen MR) is 99.7 cm³/mol. The maximum Gasteiger partial charge on any atom is 0.214 e. The summed E-state index contributed by atoms with van der Waals surface area (Å²) in [6.45, 7) is 4.64. The normalized spacial score (nSPS) is 11.1. The Morgan fingerprint density at radius 2 is 1.83 bits per heavy atom. The molecule has 8 heteroatoms. The van der Waals surface area contributed by atoms with E-state index >= 15 is 0 Å². The number of rotatable bonds is 5. The van der Waals surface area contributed by atoms with Crippen molar-refractivity contribution in [1.82, 2.24) is 15.6 Å². The number of aryl methyl sites for hydroxylation is 2. The van der Waals surface area contributed by atoms with Crippen LogP contribution in [0.25, 0.3) is 0 Å². The van der Waals surface area contributed by atoms with Crippen LogP contribution in [0, 0.1) is 25.5 Å². The quantitative estimate of drug-likeness (QED) is 0.418. The number of hydrogen-bond acceptors (Lipinski definition) is 3. The summed E-state index contributed by atoms with van der Waals surface area (Å²) in [5, 5.41) is 6.14. The zero-order chi connectivity index (χ0) is 16.8. The highest BCUT2D eigenvalue weighted by Crippen LogP contribution is 2.08. The van der Waals surface area contributed by atoms with Gasteiger partial charge >= 0.3 is 0 Å². The van der Waals surface area contributed by atoms with Crippen LogP contribution in [0.2, 0.25) is 0 Å². The molecule has 0 saturated heterocycles. The first-order chi connectivity index (χ1) is 11.0. The minimum Gasteiger partial charge on any atom is -0.444 e. The fraction of sp³-hybridized carbons (Fsp3) is 0.375. The van der Waals surface area contributed by atoms with E-state index in [4.69, 9.17) is 4.42 Å². The van der Waals surface area contributed by atoms with E-state index in [-0.39, 0.29) is 24.0 Å². The average Bonchev–Trinajstić information content (AvgIpc) is 2.80. The van der Waals surface area contributed by atoms with Crippen molar-refractivity contribution in [1.29, 1.82) is 0 Å². The third-order valence-electron chi connectivity index (χ3n) is 3.33. The van der Waals surface area contributed by atoms with Gasteiger partial charge in [0, 0.05) is 19.7 Å². The third kappa shape index (κ3) is 6.06. The van der Waals surface area contributed by atoms with Gasteiger partial charge in [0.1, 0.15) is 17.4 Å². The van der Waals surface area contributed by atoms with Crippen LogP contribution in [-0.4, -0.2) is 24.5 Å². The van der Waals surface area contributed by atoms with Gasteiger partial charge < -0.3 is 15.1 Å². The Balaban J connectivity index is 0.00000288. The first kappa shape index (κ1) is 20.3. The second kappa shape index (κ2) is 9.55. The highest BCUT2D eigenvalue weighted by molar-refractivity contribution is 14.0. The second-order valence-electron chi connectivity index (χ2n) is 5.13. The Morgan fingerprint density at radius 3 is 2.38 bits per heavy atom. The van der Waals surface area contributed by atoms with E-state index in [9.17, 15) is 8.78 Å². The number of guanidine groups is 1. The zero-order valence-electron chi connectivity index (χ0n) is 13.8. The summed E-state index contributed by atoms with van der Waals surface area (Å²) in [4.78, 5) is 8.34. The summed E-state index contributed by atoms with van der Waals surface area (Å²) in [5.74, 6) is 0.790. The molecular weight excluding hydrogens is 429 g/mol. The van der Waals surface area contributed by atoms with Gasteiger partial charge in [-0.15, -0.1) is 24.0 Å². The van der Waals surface area contributed by atoms with Gasteiger partial charge in [0.2, 0.25) is 5.89 Å². The smallest absolute Gasteiger partial charge is 0.214 e. The molecule has 0 unspecified atom stereocenters. The van der Waals surface area contributed by atoms with Crippen molar-refractivity contribution >= 4 is 29.9 Å². The predicted octanol–water partition coefficient (Wildman–Crippen LogP) is 3.10. The SMILES string of the molecule is CN=C(NCCc1cc(F)cc(F)c1)NCc1nc(C)c(C)o1.I. The van der Waals surface area contributed by atoms with Crippen molar-refractivity contribution < 1.29 is 13.2 Å². The molecule has 1 heterocycles. The summed E-state index contributed by atoms with van der Waals surface area (Å²) in [5.41, 5.74) is 1.45. The zero-order valence-corrected chi connectivity index (χ0v) is 16.2. The number of aromatic nitrogens is 1. The van der Waals surface area contributed by atoms with Gasteiger partial charge in [-0.3, -0.25) is 4.99 Å². The van der Waals surface area contributed by atoms with Gasteiger partial charge in [-0.25, -0.2) is 13.8 Å². The number of aliphatic imine (C=N–C) groups is 1. The first-order valence-electron chi connectivity index (χ1n) is 7.30. The molecule has 0 saturated carbocycles. The second-order valence-corrected chi connectivity index (χ2v) is 5.13. The van der Waals surface area contributed by atoms with Gasteiger partial charge in [-0.05, 0) is 38.0 Å². The lowest BCUT2D eigenvalue weighted by molar-refractivity contribution is 0.463. The molecular formula is C16H21F2IN4O. The number of halogens is 3. The van der Waals surface area contributed by atoms with Gasteiger partial charge in [0.25, 0.3) is 0 Å². The highest BCUT2D eigenvalue weighted by atomic mass is 127. The maximum atomic E-state index is 13.1. The van der Waals surface area contributed by atoms with Crippen molar-refractivity contribution in [2.24, 2.45) is 4.99 Å². The Bertz CT molecular complexity index is 664. The number of nitrogens with zero attached hydrogens (tertiary/aromatic N) is 2. The molecule has 0 atom stereocenters. The van der Waals surface area contributed by atoms with Crippen molar-refractivity contribution in [3.05, 3.63) is 52.7 Å². The first-order valence-corrected chi connectivity index (χ1v) is 7.30. The monoisotopic (exact) mass is 450 g/mol. The molecule has 0 amide bonds. The van der Waals surface area contributed by atoms with E-state index in [1.165, 1.54) is 12.1 Å². The van der Waals surface area contributed by atoms with E-state index in [0.717, 1.165) is 17.5 Å². The summed E-state index contributed by atoms with van der Waals surface area (Å²) in [6.07, 6.45) is 0.479. The molecule has 1 aromatic carbocycles.